The summed E-state index contributed by atoms with van der Waals surface area (Å²) in [6.07, 6.45) is 64.8. The summed E-state index contributed by atoms with van der Waals surface area (Å²) in [5, 5.41) is 33.7. The Balaban J connectivity index is 3.53. The minimum atomic E-state index is -1.16. The lowest BCUT2D eigenvalue weighted by atomic mass is 10.0. The maximum Gasteiger partial charge on any atom is 0.220 e. The van der Waals surface area contributed by atoms with Crippen LogP contribution in [0.2, 0.25) is 0 Å². The van der Waals surface area contributed by atoms with E-state index in [0.717, 1.165) is 44.9 Å². The molecule has 0 aliphatic carbocycles. The van der Waals surface area contributed by atoms with Gasteiger partial charge in [-0.25, -0.2) is 0 Å². The molecule has 0 aliphatic heterocycles. The maximum atomic E-state index is 12.5. The Labute approximate surface area is 382 Å². The van der Waals surface area contributed by atoms with E-state index < -0.39 is 18.2 Å². The van der Waals surface area contributed by atoms with Gasteiger partial charge in [0.2, 0.25) is 5.91 Å². The Kier molecular flexibility index (Phi) is 50.5. The lowest BCUT2D eigenvalue weighted by molar-refractivity contribution is -0.124. The first kappa shape index (κ1) is 59.8. The van der Waals surface area contributed by atoms with Crippen LogP contribution in [0.1, 0.15) is 303 Å². The van der Waals surface area contributed by atoms with Crippen molar-refractivity contribution in [1.29, 1.82) is 0 Å². The van der Waals surface area contributed by atoms with E-state index in [1.807, 2.05) is 0 Å². The summed E-state index contributed by atoms with van der Waals surface area (Å²) in [5.74, 6) is -0.152. The number of hydrogen-bond acceptors (Lipinski definition) is 4. The van der Waals surface area contributed by atoms with Gasteiger partial charge in [0.05, 0.1) is 18.8 Å². The van der Waals surface area contributed by atoms with Crippen molar-refractivity contribution in [2.45, 2.75) is 321 Å². The highest BCUT2D eigenvalue weighted by Gasteiger charge is 2.26. The highest BCUT2D eigenvalue weighted by Crippen LogP contribution is 2.18. The molecule has 5 heteroatoms. The second-order valence-electron chi connectivity index (χ2n) is 19.1. The molecule has 0 aromatic heterocycles. The van der Waals surface area contributed by atoms with Gasteiger partial charge >= 0.3 is 0 Å². The molecule has 4 N–H and O–H groups in total. The standard InChI is InChI=1S/C56H109NO4/c1-3-5-7-9-11-13-15-17-19-21-23-24-25-26-27-28-29-30-31-32-33-35-37-39-41-43-45-47-49-51-55(60)57-53(52-58)56(61)54(59)50-48-46-44-42-40-38-36-34-22-20-18-16-14-12-10-8-6-4-2/h34,36,42,44,53-54,56,58-59,61H,3-33,35,37-41,43,45-52H2,1-2H3,(H,57,60)/b36-34+,44-42+. The van der Waals surface area contributed by atoms with Gasteiger partial charge in [-0.05, 0) is 51.4 Å². The van der Waals surface area contributed by atoms with Crippen LogP contribution in [0, 0.1) is 0 Å². The SMILES string of the molecule is CCCCCCCCCCC/C=C/CC/C=C/CCCC(O)C(O)C(CO)NC(=O)CCCCCCCCCCCCCCCCCCCCCCCCCCCCCCC. The fourth-order valence-corrected chi connectivity index (χ4v) is 8.77. The molecule has 0 heterocycles. The Morgan fingerprint density at radius 1 is 0.393 bits per heavy atom. The molecule has 0 spiro atoms. The van der Waals surface area contributed by atoms with Crippen LogP contribution < -0.4 is 5.32 Å². The minimum Gasteiger partial charge on any atom is -0.394 e. The normalized spacial score (nSPS) is 13.5. The fourth-order valence-electron chi connectivity index (χ4n) is 8.77. The van der Waals surface area contributed by atoms with Crippen molar-refractivity contribution in [3.05, 3.63) is 24.3 Å². The molecule has 3 atom stereocenters. The van der Waals surface area contributed by atoms with Crippen LogP contribution in [0.15, 0.2) is 24.3 Å². The molecule has 3 unspecified atom stereocenters. The lowest BCUT2D eigenvalue weighted by Gasteiger charge is -2.26. The van der Waals surface area contributed by atoms with Crippen molar-refractivity contribution in [2.24, 2.45) is 0 Å². The van der Waals surface area contributed by atoms with E-state index in [-0.39, 0.29) is 12.5 Å². The molecule has 0 radical (unpaired) electrons. The highest BCUT2D eigenvalue weighted by molar-refractivity contribution is 5.76. The van der Waals surface area contributed by atoms with Crippen LogP contribution in [-0.2, 0) is 4.79 Å². The molecular weight excluding hydrogens is 751 g/mol. The van der Waals surface area contributed by atoms with E-state index >= 15 is 0 Å². The van der Waals surface area contributed by atoms with Gasteiger partial charge < -0.3 is 20.6 Å². The molecule has 1 amide bonds. The number of rotatable bonds is 51. The van der Waals surface area contributed by atoms with Crippen molar-refractivity contribution < 1.29 is 20.1 Å². The number of aliphatic hydroxyl groups is 3. The van der Waals surface area contributed by atoms with E-state index in [0.29, 0.717) is 12.8 Å². The van der Waals surface area contributed by atoms with E-state index in [1.165, 1.54) is 231 Å². The molecule has 0 rings (SSSR count). The zero-order valence-electron chi connectivity index (χ0n) is 41.3. The highest BCUT2D eigenvalue weighted by atomic mass is 16.3. The molecule has 0 bridgehead atoms. The molecule has 0 fully saturated rings. The average molecular weight is 860 g/mol. The Bertz CT molecular complexity index is 905. The quantitative estimate of drug-likeness (QED) is 0.0362. The topological polar surface area (TPSA) is 89.8 Å². The third kappa shape index (κ3) is 46.6. The summed E-state index contributed by atoms with van der Waals surface area (Å²) >= 11 is 0. The van der Waals surface area contributed by atoms with Crippen LogP contribution >= 0.6 is 0 Å². The smallest absolute Gasteiger partial charge is 0.220 e. The zero-order chi connectivity index (χ0) is 44.4. The number of carbonyl (C=O) groups is 1. The summed E-state index contributed by atoms with van der Waals surface area (Å²) in [6, 6.07) is -0.830. The Hall–Kier alpha value is -1.17. The summed E-state index contributed by atoms with van der Waals surface area (Å²) < 4.78 is 0. The first-order valence-electron chi connectivity index (χ1n) is 27.6. The molecule has 0 aromatic carbocycles. The molecule has 0 aliphatic rings. The van der Waals surface area contributed by atoms with Crippen molar-refractivity contribution in [1.82, 2.24) is 5.32 Å². The first-order valence-corrected chi connectivity index (χ1v) is 27.6. The van der Waals surface area contributed by atoms with Crippen LogP contribution in [-0.4, -0.2) is 46.1 Å². The van der Waals surface area contributed by atoms with Gasteiger partial charge in [-0.3, -0.25) is 4.79 Å². The number of hydrogen-bond donors (Lipinski definition) is 4. The van der Waals surface area contributed by atoms with Crippen LogP contribution in [0.4, 0.5) is 0 Å². The first-order chi connectivity index (χ1) is 30.1. The van der Waals surface area contributed by atoms with E-state index in [2.05, 4.69) is 43.5 Å². The van der Waals surface area contributed by atoms with Crippen LogP contribution in [0.3, 0.4) is 0 Å². The van der Waals surface area contributed by atoms with Crippen molar-refractivity contribution in [3.8, 4) is 0 Å². The molecule has 5 nitrogen and oxygen atoms in total. The second-order valence-corrected chi connectivity index (χ2v) is 19.1. The third-order valence-corrected chi connectivity index (χ3v) is 13.0. The number of aliphatic hydroxyl groups excluding tert-OH is 3. The molecule has 0 saturated carbocycles. The molecule has 0 aromatic rings. The number of carbonyl (C=O) groups excluding carboxylic acids is 1. The molecule has 61 heavy (non-hydrogen) atoms. The Morgan fingerprint density at radius 2 is 0.672 bits per heavy atom. The van der Waals surface area contributed by atoms with E-state index in [4.69, 9.17) is 0 Å². The van der Waals surface area contributed by atoms with Crippen LogP contribution in [0.5, 0.6) is 0 Å². The lowest BCUT2D eigenvalue weighted by Crippen LogP contribution is -2.50. The van der Waals surface area contributed by atoms with Gasteiger partial charge in [0, 0.05) is 6.42 Å². The van der Waals surface area contributed by atoms with Gasteiger partial charge in [0.1, 0.15) is 6.10 Å². The molecular formula is C56H109NO4. The number of nitrogens with one attached hydrogen (secondary N) is 1. The number of unbranched alkanes of at least 4 members (excludes halogenated alkanes) is 39. The van der Waals surface area contributed by atoms with E-state index in [9.17, 15) is 20.1 Å². The van der Waals surface area contributed by atoms with Crippen molar-refractivity contribution in [2.75, 3.05) is 6.61 Å². The number of allylic oxidation sites excluding steroid dienone is 4. The monoisotopic (exact) mass is 860 g/mol. The van der Waals surface area contributed by atoms with Crippen molar-refractivity contribution in [3.63, 3.8) is 0 Å². The third-order valence-electron chi connectivity index (χ3n) is 13.0. The van der Waals surface area contributed by atoms with Gasteiger partial charge in [-0.15, -0.1) is 0 Å². The van der Waals surface area contributed by atoms with Crippen molar-refractivity contribution >= 4 is 5.91 Å². The summed E-state index contributed by atoms with van der Waals surface area (Å²) in [6.45, 7) is 4.19. The maximum absolute atomic E-state index is 12.5. The fraction of sp³-hybridized carbons (Fsp3) is 0.911. The largest absolute Gasteiger partial charge is 0.394 e. The summed E-state index contributed by atoms with van der Waals surface area (Å²) in [5.41, 5.74) is 0. The van der Waals surface area contributed by atoms with E-state index in [1.54, 1.807) is 0 Å². The predicted molar refractivity (Wildman–Crippen MR) is 268 cm³/mol. The molecule has 0 saturated heterocycles. The van der Waals surface area contributed by atoms with Gasteiger partial charge in [0.15, 0.2) is 0 Å². The molecule has 362 valence electrons. The van der Waals surface area contributed by atoms with Gasteiger partial charge in [0.25, 0.3) is 0 Å². The van der Waals surface area contributed by atoms with Gasteiger partial charge in [-0.1, -0.05) is 269 Å². The predicted octanol–water partition coefficient (Wildman–Crippen LogP) is 16.9. The Morgan fingerprint density at radius 3 is 1.00 bits per heavy atom. The zero-order valence-corrected chi connectivity index (χ0v) is 41.3. The second kappa shape index (κ2) is 51.5. The number of amides is 1. The average Bonchev–Trinajstić information content (AvgIpc) is 3.26. The van der Waals surface area contributed by atoms with Crippen LogP contribution in [0.25, 0.3) is 0 Å². The summed E-state index contributed by atoms with van der Waals surface area (Å²) in [7, 11) is 0. The summed E-state index contributed by atoms with van der Waals surface area (Å²) in [4.78, 5) is 12.5. The minimum absolute atomic E-state index is 0.152. The van der Waals surface area contributed by atoms with Gasteiger partial charge in [-0.2, -0.15) is 0 Å².